The summed E-state index contributed by atoms with van der Waals surface area (Å²) in [5.41, 5.74) is 10.9. The Morgan fingerprint density at radius 3 is 2.50 bits per heavy atom. The van der Waals surface area contributed by atoms with Gasteiger partial charge in [0.25, 0.3) is 0 Å². The van der Waals surface area contributed by atoms with Crippen LogP contribution in [0.4, 0.5) is 10.1 Å². The number of benzene rings is 1. The molecular formula is C15H15Cl2FN6. The molecule has 1 fully saturated rings. The zero-order valence-corrected chi connectivity index (χ0v) is 14.2. The molecule has 0 radical (unpaired) electrons. The van der Waals surface area contributed by atoms with Gasteiger partial charge in [-0.25, -0.2) is 9.38 Å². The summed E-state index contributed by atoms with van der Waals surface area (Å²) in [4.78, 5) is 9.99. The lowest BCUT2D eigenvalue weighted by Gasteiger charge is -2.46. The molecule has 4 N–H and O–H groups in total. The molecule has 2 aliphatic rings. The van der Waals surface area contributed by atoms with Crippen LogP contribution in [0.15, 0.2) is 16.1 Å². The van der Waals surface area contributed by atoms with Crippen LogP contribution in [-0.4, -0.2) is 17.6 Å². The van der Waals surface area contributed by atoms with Crippen molar-refractivity contribution in [1.29, 1.82) is 5.26 Å². The molecule has 1 aliphatic carbocycles. The van der Waals surface area contributed by atoms with E-state index in [0.29, 0.717) is 12.8 Å². The van der Waals surface area contributed by atoms with E-state index in [2.05, 4.69) is 9.98 Å². The minimum Gasteiger partial charge on any atom is -0.369 e. The second-order valence-electron chi connectivity index (χ2n) is 5.81. The molecular weight excluding hydrogens is 354 g/mol. The summed E-state index contributed by atoms with van der Waals surface area (Å²) in [5, 5.41) is 9.31. The molecule has 0 saturated heterocycles. The first-order valence-corrected chi connectivity index (χ1v) is 8.22. The molecule has 24 heavy (non-hydrogen) atoms. The Morgan fingerprint density at radius 2 is 1.88 bits per heavy atom. The summed E-state index contributed by atoms with van der Waals surface area (Å²) in [6.07, 6.45) is 4.15. The summed E-state index contributed by atoms with van der Waals surface area (Å²) in [6.45, 7) is 0. The number of halogens is 3. The van der Waals surface area contributed by atoms with Gasteiger partial charge in [0.2, 0.25) is 11.9 Å². The highest BCUT2D eigenvalue weighted by molar-refractivity contribution is 6.37. The van der Waals surface area contributed by atoms with Gasteiger partial charge in [0.05, 0.1) is 15.7 Å². The molecule has 9 heteroatoms. The Hall–Kier alpha value is -2.04. The van der Waals surface area contributed by atoms with Crippen molar-refractivity contribution < 1.29 is 4.39 Å². The summed E-state index contributed by atoms with van der Waals surface area (Å²) < 4.78 is 14.4. The minimum atomic E-state index is -0.847. The van der Waals surface area contributed by atoms with E-state index >= 15 is 0 Å². The quantitative estimate of drug-likeness (QED) is 0.742. The first kappa shape index (κ1) is 16.8. The number of guanidine groups is 2. The number of hydrogen-bond acceptors (Lipinski definition) is 6. The van der Waals surface area contributed by atoms with Crippen molar-refractivity contribution in [3.63, 3.8) is 0 Å². The average molecular weight is 369 g/mol. The van der Waals surface area contributed by atoms with E-state index in [9.17, 15) is 9.65 Å². The number of anilines is 1. The summed E-state index contributed by atoms with van der Waals surface area (Å²) >= 11 is 12.1. The summed E-state index contributed by atoms with van der Waals surface area (Å²) in [7, 11) is 0. The van der Waals surface area contributed by atoms with Crippen molar-refractivity contribution in [3.05, 3.63) is 27.5 Å². The Morgan fingerprint density at radius 1 is 1.21 bits per heavy atom. The van der Waals surface area contributed by atoms with Crippen molar-refractivity contribution >= 4 is 40.8 Å². The SMILES string of the molecule is N#Cc1c(F)c(Cl)cc(Cl)c1N1C(N)=NC(N)=NC12CCCCC2. The summed E-state index contributed by atoms with van der Waals surface area (Å²) in [6, 6.07) is 3.07. The van der Waals surface area contributed by atoms with Crippen molar-refractivity contribution in [2.75, 3.05) is 4.90 Å². The fourth-order valence-electron chi connectivity index (χ4n) is 3.35. The lowest BCUT2D eigenvalue weighted by atomic mass is 9.87. The topological polar surface area (TPSA) is 104 Å². The maximum atomic E-state index is 14.4. The number of nitrogens with two attached hydrogens (primary N) is 2. The zero-order chi connectivity index (χ0) is 17.5. The highest BCUT2D eigenvalue weighted by Gasteiger charge is 2.44. The number of nitriles is 1. The van der Waals surface area contributed by atoms with Crippen molar-refractivity contribution in [3.8, 4) is 6.07 Å². The number of nitrogens with zero attached hydrogens (tertiary/aromatic N) is 4. The van der Waals surface area contributed by atoms with Gasteiger partial charge in [-0.05, 0) is 31.7 Å². The first-order chi connectivity index (χ1) is 11.4. The van der Waals surface area contributed by atoms with Gasteiger partial charge in [0, 0.05) is 0 Å². The van der Waals surface area contributed by atoms with E-state index in [-0.39, 0.29) is 33.2 Å². The molecule has 0 aromatic heterocycles. The van der Waals surface area contributed by atoms with Gasteiger partial charge in [-0.15, -0.1) is 0 Å². The van der Waals surface area contributed by atoms with Crippen LogP contribution in [0.2, 0.25) is 10.0 Å². The molecule has 1 spiro atoms. The molecule has 0 amide bonds. The van der Waals surface area contributed by atoms with Gasteiger partial charge in [-0.2, -0.15) is 10.3 Å². The van der Waals surface area contributed by atoms with Gasteiger partial charge in [0.1, 0.15) is 17.3 Å². The Kier molecular flexibility index (Phi) is 4.28. The maximum absolute atomic E-state index is 14.4. The van der Waals surface area contributed by atoms with Gasteiger partial charge < -0.3 is 11.5 Å². The molecule has 0 atom stereocenters. The van der Waals surface area contributed by atoms with Gasteiger partial charge in [-0.1, -0.05) is 29.6 Å². The van der Waals surface area contributed by atoms with Gasteiger partial charge >= 0.3 is 0 Å². The Bertz CT molecular complexity index is 792. The van der Waals surface area contributed by atoms with Crippen LogP contribution >= 0.6 is 23.2 Å². The van der Waals surface area contributed by atoms with Gasteiger partial charge in [0.15, 0.2) is 5.82 Å². The molecule has 6 nitrogen and oxygen atoms in total. The predicted octanol–water partition coefficient (Wildman–Crippen LogP) is 3.11. The average Bonchev–Trinajstić information content (AvgIpc) is 2.52. The van der Waals surface area contributed by atoms with Crippen LogP contribution in [0.1, 0.15) is 37.7 Å². The predicted molar refractivity (Wildman–Crippen MR) is 92.7 cm³/mol. The Balaban J connectivity index is 2.26. The molecule has 126 valence electrons. The monoisotopic (exact) mass is 368 g/mol. The van der Waals surface area contributed by atoms with Crippen LogP contribution in [-0.2, 0) is 0 Å². The third-order valence-electron chi connectivity index (χ3n) is 4.33. The second-order valence-corrected chi connectivity index (χ2v) is 6.62. The molecule has 1 aliphatic heterocycles. The molecule has 1 aromatic rings. The van der Waals surface area contributed by atoms with Crippen molar-refractivity contribution in [1.82, 2.24) is 0 Å². The largest absolute Gasteiger partial charge is 0.369 e. The fourth-order valence-corrected chi connectivity index (χ4v) is 3.90. The second kappa shape index (κ2) is 6.11. The van der Waals surface area contributed by atoms with Crippen LogP contribution in [0, 0.1) is 17.1 Å². The molecule has 3 rings (SSSR count). The van der Waals surface area contributed by atoms with E-state index in [1.807, 2.05) is 6.07 Å². The van der Waals surface area contributed by atoms with Crippen LogP contribution in [0.3, 0.4) is 0 Å². The lowest BCUT2D eigenvalue weighted by Crippen LogP contribution is -2.58. The molecule has 1 heterocycles. The maximum Gasteiger partial charge on any atom is 0.220 e. The third-order valence-corrected chi connectivity index (χ3v) is 4.90. The van der Waals surface area contributed by atoms with Crippen LogP contribution in [0.5, 0.6) is 0 Å². The standard InChI is InChI=1S/C15H15Cl2FN6/c16-9-6-10(17)12(8(7-19)11(9)18)24-14(21)22-13(20)23-15(24)4-2-1-3-5-15/h6H,1-5H2,(H4,20,21,22,23). The van der Waals surface area contributed by atoms with Crippen molar-refractivity contribution in [2.45, 2.75) is 37.8 Å². The molecule has 1 saturated carbocycles. The van der Waals surface area contributed by atoms with E-state index in [1.165, 1.54) is 11.0 Å². The number of hydrogen-bond donors (Lipinski definition) is 2. The lowest BCUT2D eigenvalue weighted by molar-refractivity contribution is 0.305. The Labute approximate surface area is 148 Å². The van der Waals surface area contributed by atoms with Gasteiger partial charge in [-0.3, -0.25) is 4.90 Å². The first-order valence-electron chi connectivity index (χ1n) is 7.47. The zero-order valence-electron chi connectivity index (χ0n) is 12.7. The minimum absolute atomic E-state index is 0.0320. The highest BCUT2D eigenvalue weighted by atomic mass is 35.5. The van der Waals surface area contributed by atoms with E-state index < -0.39 is 11.5 Å². The molecule has 1 aromatic carbocycles. The molecule has 0 unspecified atom stereocenters. The van der Waals surface area contributed by atoms with Crippen LogP contribution < -0.4 is 16.4 Å². The third kappa shape index (κ3) is 2.56. The van der Waals surface area contributed by atoms with E-state index in [0.717, 1.165) is 19.3 Å². The summed E-state index contributed by atoms with van der Waals surface area (Å²) in [5.74, 6) is -0.751. The fraction of sp³-hybridized carbons (Fsp3) is 0.400. The van der Waals surface area contributed by atoms with E-state index in [4.69, 9.17) is 34.7 Å². The van der Waals surface area contributed by atoms with Crippen molar-refractivity contribution in [2.24, 2.45) is 21.5 Å². The smallest absolute Gasteiger partial charge is 0.220 e. The van der Waals surface area contributed by atoms with E-state index in [1.54, 1.807) is 0 Å². The number of aliphatic imine (C=N–C) groups is 2. The normalized spacial score (nSPS) is 19.7. The van der Waals surface area contributed by atoms with Crippen LogP contribution in [0.25, 0.3) is 0 Å². The highest BCUT2D eigenvalue weighted by Crippen LogP contribution is 2.44. The molecule has 0 bridgehead atoms. The number of rotatable bonds is 1.